The van der Waals surface area contributed by atoms with Crippen molar-refractivity contribution in [2.24, 2.45) is 9.98 Å². The summed E-state index contributed by atoms with van der Waals surface area (Å²) < 4.78 is 7.11. The van der Waals surface area contributed by atoms with Crippen molar-refractivity contribution in [1.82, 2.24) is 59.1 Å². The van der Waals surface area contributed by atoms with Gasteiger partial charge >= 0.3 is 40.2 Å². The molecule has 7 aromatic heterocycles. The van der Waals surface area contributed by atoms with Crippen LogP contribution in [0.3, 0.4) is 0 Å². The first-order chi connectivity index (χ1) is 31.8. The number of rotatable bonds is 6. The van der Waals surface area contributed by atoms with E-state index < -0.39 is 0 Å². The molecule has 0 aliphatic carbocycles. The minimum atomic E-state index is 0. The van der Waals surface area contributed by atoms with Gasteiger partial charge in [-0.25, -0.2) is 0 Å². The molecule has 0 fully saturated rings. The van der Waals surface area contributed by atoms with E-state index in [2.05, 4.69) is 74.6 Å². The molecule has 66 heavy (non-hydrogen) atoms. The molecule has 0 unspecified atom stereocenters. The summed E-state index contributed by atoms with van der Waals surface area (Å²) in [5, 5.41) is 16.3. The number of para-hydroxylation sites is 4. The largest absolute Gasteiger partial charge is 3.00 e. The van der Waals surface area contributed by atoms with Gasteiger partial charge in [-0.1, -0.05) is 59.8 Å². The van der Waals surface area contributed by atoms with Crippen LogP contribution < -0.4 is 20.9 Å². The Balaban J connectivity index is 0.000000158. The van der Waals surface area contributed by atoms with Gasteiger partial charge in [-0.2, -0.15) is 117 Å². The molecular formula is C50H38Ir2N14. The van der Waals surface area contributed by atoms with Crippen molar-refractivity contribution in [3.05, 3.63) is 267 Å². The third kappa shape index (κ3) is 16.3. The van der Waals surface area contributed by atoms with Crippen molar-refractivity contribution < 1.29 is 40.2 Å². The van der Waals surface area contributed by atoms with Crippen molar-refractivity contribution in [1.29, 1.82) is 0 Å². The molecular weight excluding hydrogens is 1180 g/mol. The van der Waals surface area contributed by atoms with Crippen molar-refractivity contribution >= 4 is 11.6 Å². The summed E-state index contributed by atoms with van der Waals surface area (Å²) in [5.74, 6) is 0.979. The monoisotopic (exact) mass is 1220 g/mol. The molecule has 0 amide bonds. The van der Waals surface area contributed by atoms with Gasteiger partial charge in [0.25, 0.3) is 0 Å². The molecule has 0 atom stereocenters. The first-order valence-electron chi connectivity index (χ1n) is 19.7. The fraction of sp³-hybridized carbons (Fsp3) is 0. The van der Waals surface area contributed by atoms with E-state index in [1.165, 1.54) is 0 Å². The van der Waals surface area contributed by atoms with Crippen LogP contribution >= 0.6 is 0 Å². The Bertz CT molecular complexity index is 2630. The van der Waals surface area contributed by atoms with E-state index in [4.69, 9.17) is 0 Å². The van der Waals surface area contributed by atoms with Crippen molar-refractivity contribution in [3.63, 3.8) is 0 Å². The van der Waals surface area contributed by atoms with Crippen molar-refractivity contribution in [2.45, 2.75) is 0 Å². The maximum Gasteiger partial charge on any atom is 3.00 e. The molecule has 0 spiro atoms. The van der Waals surface area contributed by atoms with Gasteiger partial charge in [-0.3, -0.25) is 28.7 Å². The molecule has 0 aliphatic rings. The van der Waals surface area contributed by atoms with E-state index in [9.17, 15) is 0 Å². The van der Waals surface area contributed by atoms with Gasteiger partial charge in [0, 0.05) is 62.0 Å². The number of nitrogens with zero attached hydrogens (tertiary/aromatic N) is 14. The van der Waals surface area contributed by atoms with Crippen molar-refractivity contribution in [3.8, 4) is 22.7 Å². The standard InChI is InChI=1S/C14H10N6.4C9H7N2.2Ir/c1-3-7-15-11(5-1)19-13-9-18-14(10-17-13)20-12-6-2-4-8-16-12;4*1-2-5-9(6-3-1)11-8-4-7-10-11;;/h1-10H;4*1-5,7-8H;;/q-2;4*-1;2*+3. The Hall–Kier alpha value is -8.00. The zero-order valence-corrected chi connectivity index (χ0v) is 39.7. The van der Waals surface area contributed by atoms with E-state index in [0.717, 1.165) is 22.7 Å². The summed E-state index contributed by atoms with van der Waals surface area (Å²) in [5.41, 5.74) is 5.07. The first-order valence-corrected chi connectivity index (χ1v) is 19.7. The maximum absolute atomic E-state index is 4.25. The Labute approximate surface area is 408 Å². The Morgan fingerprint density at radius 1 is 0.364 bits per heavy atom. The van der Waals surface area contributed by atoms with E-state index in [0.29, 0.717) is 22.6 Å². The third-order valence-corrected chi connectivity index (χ3v) is 8.16. The Morgan fingerprint density at radius 2 is 0.667 bits per heavy atom. The second kappa shape index (κ2) is 27.9. The molecule has 0 saturated heterocycles. The number of benzene rings is 4. The minimum Gasteiger partial charge on any atom is -0.443 e. The summed E-state index contributed by atoms with van der Waals surface area (Å²) in [6.07, 6.45) is 21.0. The zero-order chi connectivity index (χ0) is 43.7. The van der Waals surface area contributed by atoms with Gasteiger partial charge in [0.05, 0.1) is 11.6 Å². The summed E-state index contributed by atoms with van der Waals surface area (Å²) in [7, 11) is 0. The number of aromatic nitrogens is 12. The summed E-state index contributed by atoms with van der Waals surface area (Å²) in [6.45, 7) is 0. The van der Waals surface area contributed by atoms with Gasteiger partial charge in [0.1, 0.15) is 0 Å². The van der Waals surface area contributed by atoms with Crippen LogP contribution in [-0.4, -0.2) is 49.1 Å². The predicted octanol–water partition coefficient (Wildman–Crippen LogP) is 7.54. The zero-order valence-electron chi connectivity index (χ0n) is 34.9. The van der Waals surface area contributed by atoms with Crippen LogP contribution in [0.1, 0.15) is 0 Å². The smallest absolute Gasteiger partial charge is 0.443 e. The molecule has 0 radical (unpaired) electrons. The van der Waals surface area contributed by atoms with Gasteiger partial charge in [0.15, 0.2) is 0 Å². The average Bonchev–Trinajstić information content (AvgIpc) is 4.25. The second-order valence-electron chi connectivity index (χ2n) is 12.6. The molecule has 326 valence electrons. The van der Waals surface area contributed by atoms with Crippen LogP contribution in [0, 0.1) is 24.3 Å². The van der Waals surface area contributed by atoms with Crippen LogP contribution in [0.4, 0.5) is 11.6 Å². The molecule has 16 heteroatoms. The Morgan fingerprint density at radius 3 is 0.879 bits per heavy atom. The second-order valence-corrected chi connectivity index (χ2v) is 12.6. The summed E-state index contributed by atoms with van der Waals surface area (Å²) in [6, 6.07) is 61.8. The van der Waals surface area contributed by atoms with Crippen LogP contribution in [0.15, 0.2) is 242 Å². The molecule has 0 aliphatic heterocycles. The fourth-order valence-corrected chi connectivity index (χ4v) is 5.26. The molecule has 7 heterocycles. The third-order valence-electron chi connectivity index (χ3n) is 8.16. The van der Waals surface area contributed by atoms with E-state index in [1.54, 1.807) is 80.4 Å². The number of hydrogen-bond donors (Lipinski definition) is 0. The molecule has 14 nitrogen and oxygen atoms in total. The quantitative estimate of drug-likeness (QED) is 0.155. The minimum absolute atomic E-state index is 0. The van der Waals surface area contributed by atoms with E-state index >= 15 is 0 Å². The molecule has 0 saturated carbocycles. The van der Waals surface area contributed by atoms with Gasteiger partial charge in [-0.05, 0) is 47.0 Å². The SMILES string of the molecule is [Ir+3].[Ir+3].[c-]1ccccc1-n1cccn1.[c-]1ccccc1-n1cccn1.[c-]1ccccc1-n1cccn1.[c-]1ccccc1-n1cccn1.c1ccc(=Nc2cnc(/N=c3/cccc[n-]3)cn2)[n-]c1. The topological polar surface area (TPSA) is 150 Å². The molecule has 0 bridgehead atoms. The molecule has 0 N–H and O–H groups in total. The number of pyridine rings is 2. The maximum atomic E-state index is 4.25. The van der Waals surface area contributed by atoms with E-state index in [-0.39, 0.29) is 40.2 Å². The summed E-state index contributed by atoms with van der Waals surface area (Å²) in [4.78, 5) is 25.0. The van der Waals surface area contributed by atoms with Crippen LogP contribution in [0.25, 0.3) is 22.7 Å². The van der Waals surface area contributed by atoms with Crippen LogP contribution in [0.2, 0.25) is 0 Å². The molecule has 11 rings (SSSR count). The summed E-state index contributed by atoms with van der Waals surface area (Å²) >= 11 is 0. The fourth-order valence-electron chi connectivity index (χ4n) is 5.26. The van der Waals surface area contributed by atoms with Crippen LogP contribution in [-0.2, 0) is 40.2 Å². The van der Waals surface area contributed by atoms with Crippen LogP contribution in [0.5, 0.6) is 0 Å². The molecule has 4 aromatic carbocycles. The average molecular weight is 1220 g/mol. The predicted molar refractivity (Wildman–Crippen MR) is 242 cm³/mol. The van der Waals surface area contributed by atoms with Crippen molar-refractivity contribution in [2.75, 3.05) is 0 Å². The Kier molecular flexibility index (Phi) is 20.7. The van der Waals surface area contributed by atoms with E-state index in [1.807, 2.05) is 170 Å². The first kappa shape index (κ1) is 49.0. The van der Waals surface area contributed by atoms with Gasteiger partial charge in [0.2, 0.25) is 0 Å². The van der Waals surface area contributed by atoms with Gasteiger partial charge < -0.3 is 20.0 Å². The normalized spacial score (nSPS) is 10.4. The van der Waals surface area contributed by atoms with Gasteiger partial charge in [-0.15, -0.1) is 24.3 Å². The number of hydrogen-bond acceptors (Lipinski definition) is 8. The molecule has 11 aromatic rings.